The van der Waals surface area contributed by atoms with E-state index in [0.29, 0.717) is 16.4 Å². The Hall–Kier alpha value is -2.46. The number of carbonyl (C=O) groups is 1. The highest BCUT2D eigenvalue weighted by Crippen LogP contribution is 2.29. The molecule has 0 radical (unpaired) electrons. The Kier molecular flexibility index (Phi) is 3.77. The lowest BCUT2D eigenvalue weighted by Crippen LogP contribution is -2.03. The van der Waals surface area contributed by atoms with E-state index in [2.05, 4.69) is 10.3 Å². The standard InChI is InChI=1S/C17H14ClN3O/c1-11-14(18)9-6-10-15(11)21-17(13-7-4-3-5-8-13)16(12(2)22)19-20-21/h3-10H,1-2H3. The van der Waals surface area contributed by atoms with Crippen molar-refractivity contribution >= 4 is 17.4 Å². The second-order valence-electron chi connectivity index (χ2n) is 5.00. The molecule has 0 fully saturated rings. The molecular formula is C17H14ClN3O. The monoisotopic (exact) mass is 311 g/mol. The molecule has 0 aliphatic rings. The van der Waals surface area contributed by atoms with Gasteiger partial charge in [0.05, 0.1) is 5.69 Å². The third kappa shape index (κ3) is 2.42. The summed E-state index contributed by atoms with van der Waals surface area (Å²) in [5.74, 6) is -0.121. The summed E-state index contributed by atoms with van der Waals surface area (Å²) in [5.41, 5.74) is 3.62. The van der Waals surface area contributed by atoms with Crippen molar-refractivity contribution in [3.63, 3.8) is 0 Å². The molecule has 0 N–H and O–H groups in total. The summed E-state index contributed by atoms with van der Waals surface area (Å²) in [6, 6.07) is 15.2. The molecule has 3 aromatic rings. The molecule has 3 rings (SSSR count). The number of nitrogens with zero attached hydrogens (tertiary/aromatic N) is 3. The molecule has 4 nitrogen and oxygen atoms in total. The number of aromatic nitrogens is 3. The fraction of sp³-hybridized carbons (Fsp3) is 0.118. The zero-order valence-electron chi connectivity index (χ0n) is 12.2. The first kappa shape index (κ1) is 14.5. The fourth-order valence-electron chi connectivity index (χ4n) is 2.37. The van der Waals surface area contributed by atoms with E-state index in [0.717, 1.165) is 16.8 Å². The lowest BCUT2D eigenvalue weighted by atomic mass is 10.1. The molecule has 0 spiro atoms. The average Bonchev–Trinajstić information content (AvgIpc) is 2.96. The van der Waals surface area contributed by atoms with Gasteiger partial charge in [0.1, 0.15) is 5.69 Å². The zero-order valence-corrected chi connectivity index (χ0v) is 13.0. The smallest absolute Gasteiger partial charge is 0.182 e. The molecule has 0 aliphatic carbocycles. The lowest BCUT2D eigenvalue weighted by Gasteiger charge is -2.11. The van der Waals surface area contributed by atoms with Crippen molar-refractivity contribution in [1.29, 1.82) is 0 Å². The quantitative estimate of drug-likeness (QED) is 0.684. The SMILES string of the molecule is CC(=O)c1nnn(-c2cccc(Cl)c2C)c1-c1ccccc1. The summed E-state index contributed by atoms with van der Waals surface area (Å²) in [7, 11) is 0. The molecule has 0 amide bonds. The van der Waals surface area contributed by atoms with Crippen molar-refractivity contribution in [2.45, 2.75) is 13.8 Å². The predicted octanol–water partition coefficient (Wildman–Crippen LogP) is 4.10. The van der Waals surface area contributed by atoms with Gasteiger partial charge in [0.15, 0.2) is 11.5 Å². The van der Waals surface area contributed by atoms with Gasteiger partial charge in [0.2, 0.25) is 0 Å². The summed E-state index contributed by atoms with van der Waals surface area (Å²) in [6.45, 7) is 3.41. The van der Waals surface area contributed by atoms with E-state index in [-0.39, 0.29) is 5.78 Å². The highest BCUT2D eigenvalue weighted by atomic mass is 35.5. The molecule has 0 atom stereocenters. The average molecular weight is 312 g/mol. The highest BCUT2D eigenvalue weighted by Gasteiger charge is 2.20. The molecule has 0 aliphatic heterocycles. The number of rotatable bonds is 3. The number of Topliss-reactive ketones (excluding diaryl/α,β-unsaturated/α-hetero) is 1. The Morgan fingerprint density at radius 1 is 1.09 bits per heavy atom. The van der Waals surface area contributed by atoms with Crippen LogP contribution in [-0.4, -0.2) is 20.8 Å². The summed E-state index contributed by atoms with van der Waals surface area (Å²) in [4.78, 5) is 11.9. The van der Waals surface area contributed by atoms with E-state index in [4.69, 9.17) is 11.6 Å². The van der Waals surface area contributed by atoms with Crippen molar-refractivity contribution < 1.29 is 4.79 Å². The first-order valence-corrected chi connectivity index (χ1v) is 7.25. The van der Waals surface area contributed by atoms with E-state index < -0.39 is 0 Å². The first-order valence-electron chi connectivity index (χ1n) is 6.87. The van der Waals surface area contributed by atoms with Crippen molar-refractivity contribution in [3.05, 3.63) is 64.8 Å². The molecule has 22 heavy (non-hydrogen) atoms. The van der Waals surface area contributed by atoms with Crippen molar-refractivity contribution in [2.75, 3.05) is 0 Å². The number of benzene rings is 2. The van der Waals surface area contributed by atoms with Crippen LogP contribution >= 0.6 is 11.6 Å². The minimum atomic E-state index is -0.121. The Morgan fingerprint density at radius 2 is 1.82 bits per heavy atom. The van der Waals surface area contributed by atoms with Gasteiger partial charge in [-0.2, -0.15) is 0 Å². The van der Waals surface area contributed by atoms with Crippen LogP contribution in [0.3, 0.4) is 0 Å². The van der Waals surface area contributed by atoms with Gasteiger partial charge < -0.3 is 0 Å². The van der Waals surface area contributed by atoms with Crippen molar-refractivity contribution in [3.8, 4) is 16.9 Å². The Bertz CT molecular complexity index is 840. The largest absolute Gasteiger partial charge is 0.293 e. The van der Waals surface area contributed by atoms with Gasteiger partial charge in [-0.3, -0.25) is 4.79 Å². The molecule has 0 bridgehead atoms. The van der Waals surface area contributed by atoms with Crippen LogP contribution < -0.4 is 0 Å². The number of carbonyl (C=O) groups excluding carboxylic acids is 1. The fourth-order valence-corrected chi connectivity index (χ4v) is 2.54. The van der Waals surface area contributed by atoms with E-state index in [1.807, 2.05) is 55.5 Å². The minimum absolute atomic E-state index is 0.121. The second kappa shape index (κ2) is 5.73. The Labute approximate surface area is 133 Å². The van der Waals surface area contributed by atoms with Crippen LogP contribution in [0.1, 0.15) is 23.0 Å². The van der Waals surface area contributed by atoms with Crippen LogP contribution in [0.5, 0.6) is 0 Å². The molecule has 110 valence electrons. The predicted molar refractivity (Wildman–Crippen MR) is 86.5 cm³/mol. The number of hydrogen-bond donors (Lipinski definition) is 0. The van der Waals surface area contributed by atoms with Gasteiger partial charge in [-0.05, 0) is 24.6 Å². The molecule has 0 saturated heterocycles. The highest BCUT2D eigenvalue weighted by molar-refractivity contribution is 6.31. The molecule has 5 heteroatoms. The molecule has 0 saturated carbocycles. The summed E-state index contributed by atoms with van der Waals surface area (Å²) in [6.07, 6.45) is 0. The first-order chi connectivity index (χ1) is 10.6. The molecule has 1 aromatic heterocycles. The normalized spacial score (nSPS) is 10.7. The van der Waals surface area contributed by atoms with Crippen LogP contribution in [0.15, 0.2) is 48.5 Å². The van der Waals surface area contributed by atoms with Crippen LogP contribution in [0.4, 0.5) is 0 Å². The van der Waals surface area contributed by atoms with E-state index in [9.17, 15) is 4.79 Å². The van der Waals surface area contributed by atoms with E-state index in [1.54, 1.807) is 4.68 Å². The van der Waals surface area contributed by atoms with Crippen LogP contribution in [0.2, 0.25) is 5.02 Å². The van der Waals surface area contributed by atoms with Crippen molar-refractivity contribution in [2.24, 2.45) is 0 Å². The molecule has 0 unspecified atom stereocenters. The number of hydrogen-bond acceptors (Lipinski definition) is 3. The van der Waals surface area contributed by atoms with Gasteiger partial charge in [-0.25, -0.2) is 4.68 Å². The number of ketones is 1. The van der Waals surface area contributed by atoms with Crippen LogP contribution in [-0.2, 0) is 0 Å². The third-order valence-electron chi connectivity index (χ3n) is 3.52. The maximum Gasteiger partial charge on any atom is 0.182 e. The topological polar surface area (TPSA) is 47.8 Å². The summed E-state index contributed by atoms with van der Waals surface area (Å²) < 4.78 is 1.67. The minimum Gasteiger partial charge on any atom is -0.293 e. The van der Waals surface area contributed by atoms with Crippen LogP contribution in [0, 0.1) is 6.92 Å². The van der Waals surface area contributed by atoms with E-state index in [1.165, 1.54) is 6.92 Å². The van der Waals surface area contributed by atoms with Gasteiger partial charge in [0.25, 0.3) is 0 Å². The molecular weight excluding hydrogens is 298 g/mol. The summed E-state index contributed by atoms with van der Waals surface area (Å²) in [5, 5.41) is 8.88. The maximum atomic E-state index is 11.9. The van der Waals surface area contributed by atoms with Gasteiger partial charge in [0, 0.05) is 17.5 Å². The van der Waals surface area contributed by atoms with E-state index >= 15 is 0 Å². The number of halogens is 1. The maximum absolute atomic E-state index is 11.9. The summed E-state index contributed by atoms with van der Waals surface area (Å²) >= 11 is 6.20. The van der Waals surface area contributed by atoms with Gasteiger partial charge in [-0.15, -0.1) is 5.10 Å². The van der Waals surface area contributed by atoms with Gasteiger partial charge in [-0.1, -0.05) is 53.2 Å². The third-order valence-corrected chi connectivity index (χ3v) is 3.93. The lowest BCUT2D eigenvalue weighted by molar-refractivity contribution is 0.101. The zero-order chi connectivity index (χ0) is 15.7. The molecule has 2 aromatic carbocycles. The Morgan fingerprint density at radius 3 is 2.50 bits per heavy atom. The van der Waals surface area contributed by atoms with Gasteiger partial charge >= 0.3 is 0 Å². The second-order valence-corrected chi connectivity index (χ2v) is 5.41. The Balaban J connectivity index is 2.30. The van der Waals surface area contributed by atoms with Crippen molar-refractivity contribution in [1.82, 2.24) is 15.0 Å². The molecule has 1 heterocycles. The van der Waals surface area contributed by atoms with Crippen LogP contribution in [0.25, 0.3) is 16.9 Å².